The van der Waals surface area contributed by atoms with Gasteiger partial charge in [0.25, 0.3) is 6.43 Å². The van der Waals surface area contributed by atoms with Crippen molar-refractivity contribution in [1.29, 1.82) is 0 Å². The number of nitrogens with two attached hydrogens (primary N) is 2. The fourth-order valence-corrected chi connectivity index (χ4v) is 0.0891. The third-order valence-corrected chi connectivity index (χ3v) is 0.938. The second-order valence-corrected chi connectivity index (χ2v) is 2.01. The lowest BCUT2D eigenvalue weighted by Crippen LogP contribution is -2.50. The maximum absolute atomic E-state index is 11.6. The summed E-state index contributed by atoms with van der Waals surface area (Å²) in [7, 11) is 0. The Kier molecular flexibility index (Phi) is 2.30. The van der Waals surface area contributed by atoms with Crippen LogP contribution in [-0.2, 0) is 0 Å². The van der Waals surface area contributed by atoms with Gasteiger partial charge in [-0.05, 0) is 6.92 Å². The summed E-state index contributed by atoms with van der Waals surface area (Å²) in [6.07, 6.45) is -2.53. The lowest BCUT2D eigenvalue weighted by atomic mass is 10.1. The largest absolute Gasteiger partial charge is 0.328 e. The van der Waals surface area contributed by atoms with Gasteiger partial charge in [-0.2, -0.15) is 0 Å². The van der Waals surface area contributed by atoms with E-state index in [1.54, 1.807) is 0 Å². The molecule has 1 atom stereocenters. The Morgan fingerprint density at radius 3 is 2.00 bits per heavy atom. The summed E-state index contributed by atoms with van der Waals surface area (Å²) in [6.45, 7) is 1.03. The molecule has 0 aromatic rings. The molecule has 0 spiro atoms. The van der Waals surface area contributed by atoms with Gasteiger partial charge in [0.1, 0.15) is 0 Å². The van der Waals surface area contributed by atoms with E-state index in [9.17, 15) is 8.78 Å². The topological polar surface area (TPSA) is 52.0 Å². The van der Waals surface area contributed by atoms with Crippen molar-refractivity contribution in [2.45, 2.75) is 18.9 Å². The van der Waals surface area contributed by atoms with Crippen LogP contribution in [0.2, 0.25) is 0 Å². The van der Waals surface area contributed by atoms with Crippen molar-refractivity contribution in [3.8, 4) is 0 Å². The SMILES string of the molecule is C[C@](N)(CN)C(F)F. The molecule has 4 heteroatoms. The number of hydrogen-bond acceptors (Lipinski definition) is 2. The van der Waals surface area contributed by atoms with Crippen LogP contribution in [0.15, 0.2) is 0 Å². The zero-order chi connectivity index (χ0) is 6.78. The van der Waals surface area contributed by atoms with E-state index in [1.165, 1.54) is 6.92 Å². The smallest absolute Gasteiger partial charge is 0.257 e. The first-order valence-corrected chi connectivity index (χ1v) is 2.28. The van der Waals surface area contributed by atoms with E-state index in [0.29, 0.717) is 0 Å². The third-order valence-electron chi connectivity index (χ3n) is 0.938. The molecule has 0 radical (unpaired) electrons. The summed E-state index contributed by atoms with van der Waals surface area (Å²) < 4.78 is 23.2. The molecule has 0 bridgehead atoms. The van der Waals surface area contributed by atoms with Crippen molar-refractivity contribution in [2.24, 2.45) is 11.5 Å². The Morgan fingerprint density at radius 2 is 2.00 bits per heavy atom. The predicted octanol–water partition coefficient (Wildman–Crippen LogP) is -0.0724. The summed E-state index contributed by atoms with van der Waals surface area (Å²) in [6, 6.07) is 0. The van der Waals surface area contributed by atoms with Gasteiger partial charge in [0.15, 0.2) is 0 Å². The summed E-state index contributed by atoms with van der Waals surface area (Å²) in [5.74, 6) is 0. The van der Waals surface area contributed by atoms with Gasteiger partial charge in [-0.1, -0.05) is 0 Å². The first-order chi connectivity index (χ1) is 3.50. The van der Waals surface area contributed by atoms with E-state index in [1.807, 2.05) is 0 Å². The van der Waals surface area contributed by atoms with E-state index in [-0.39, 0.29) is 6.54 Å². The van der Waals surface area contributed by atoms with Crippen LogP contribution in [0.3, 0.4) is 0 Å². The van der Waals surface area contributed by atoms with Crippen molar-refractivity contribution in [3.05, 3.63) is 0 Å². The molecule has 50 valence electrons. The minimum absolute atomic E-state index is 0.190. The van der Waals surface area contributed by atoms with Crippen LogP contribution in [0.4, 0.5) is 8.78 Å². The van der Waals surface area contributed by atoms with Crippen molar-refractivity contribution >= 4 is 0 Å². The van der Waals surface area contributed by atoms with Crippen molar-refractivity contribution in [3.63, 3.8) is 0 Å². The average Bonchev–Trinajstić information content (AvgIpc) is 1.67. The van der Waals surface area contributed by atoms with E-state index in [2.05, 4.69) is 0 Å². The highest BCUT2D eigenvalue weighted by molar-refractivity contribution is 4.81. The molecule has 0 saturated carbocycles. The van der Waals surface area contributed by atoms with Gasteiger partial charge < -0.3 is 11.5 Å². The van der Waals surface area contributed by atoms with Crippen LogP contribution in [0.25, 0.3) is 0 Å². The molecule has 0 aliphatic rings. The highest BCUT2D eigenvalue weighted by Gasteiger charge is 2.27. The fourth-order valence-electron chi connectivity index (χ4n) is 0.0891. The van der Waals surface area contributed by atoms with Crippen LogP contribution in [0.1, 0.15) is 6.92 Å². The first-order valence-electron chi connectivity index (χ1n) is 2.28. The number of rotatable bonds is 2. The Bertz CT molecular complexity index is 72.4. The quantitative estimate of drug-likeness (QED) is 0.541. The number of hydrogen-bond donors (Lipinski definition) is 2. The van der Waals surface area contributed by atoms with Crippen LogP contribution in [0, 0.1) is 0 Å². The van der Waals surface area contributed by atoms with Gasteiger partial charge in [-0.15, -0.1) is 0 Å². The average molecular weight is 124 g/mol. The lowest BCUT2D eigenvalue weighted by molar-refractivity contribution is 0.0685. The molecule has 0 aliphatic carbocycles. The molecule has 0 fully saturated rings. The molecule has 0 saturated heterocycles. The second kappa shape index (κ2) is 2.37. The maximum atomic E-state index is 11.6. The monoisotopic (exact) mass is 124 g/mol. The Balaban J connectivity index is 3.71. The molecular weight excluding hydrogens is 114 g/mol. The Morgan fingerprint density at radius 1 is 1.62 bits per heavy atom. The van der Waals surface area contributed by atoms with E-state index in [0.717, 1.165) is 0 Å². The van der Waals surface area contributed by atoms with Crippen LogP contribution < -0.4 is 11.5 Å². The molecule has 0 aromatic carbocycles. The molecule has 0 rings (SSSR count). The fraction of sp³-hybridized carbons (Fsp3) is 1.00. The van der Waals surface area contributed by atoms with Gasteiger partial charge in [-0.3, -0.25) is 0 Å². The summed E-state index contributed by atoms with van der Waals surface area (Å²) in [5.41, 5.74) is 8.37. The standard InChI is InChI=1S/C4H10F2N2/c1-4(8,2-7)3(5)6/h3H,2,7-8H2,1H3/t4-/m0/s1. The highest BCUT2D eigenvalue weighted by atomic mass is 19.3. The molecule has 0 aliphatic heterocycles. The number of halogens is 2. The van der Waals surface area contributed by atoms with Crippen molar-refractivity contribution in [2.75, 3.05) is 6.54 Å². The normalized spacial score (nSPS) is 18.8. The summed E-state index contributed by atoms with van der Waals surface area (Å²) in [5, 5.41) is 0. The zero-order valence-corrected chi connectivity index (χ0v) is 4.70. The Labute approximate surface area is 46.8 Å². The minimum Gasteiger partial charge on any atom is -0.328 e. The lowest BCUT2D eigenvalue weighted by Gasteiger charge is -2.20. The molecule has 0 aromatic heterocycles. The molecule has 8 heavy (non-hydrogen) atoms. The van der Waals surface area contributed by atoms with Gasteiger partial charge in [0, 0.05) is 6.54 Å². The first kappa shape index (κ1) is 7.78. The molecule has 2 nitrogen and oxygen atoms in total. The summed E-state index contributed by atoms with van der Waals surface area (Å²) >= 11 is 0. The zero-order valence-electron chi connectivity index (χ0n) is 4.70. The molecule has 0 amide bonds. The highest BCUT2D eigenvalue weighted by Crippen LogP contribution is 2.08. The summed E-state index contributed by atoms with van der Waals surface area (Å²) in [4.78, 5) is 0. The van der Waals surface area contributed by atoms with Crippen LogP contribution in [0.5, 0.6) is 0 Å². The van der Waals surface area contributed by atoms with Crippen molar-refractivity contribution in [1.82, 2.24) is 0 Å². The van der Waals surface area contributed by atoms with Crippen molar-refractivity contribution < 1.29 is 8.78 Å². The van der Waals surface area contributed by atoms with E-state index >= 15 is 0 Å². The van der Waals surface area contributed by atoms with Gasteiger partial charge in [0.05, 0.1) is 5.54 Å². The molecular formula is C4H10F2N2. The van der Waals surface area contributed by atoms with E-state index < -0.39 is 12.0 Å². The predicted molar refractivity (Wildman–Crippen MR) is 27.7 cm³/mol. The van der Waals surface area contributed by atoms with Gasteiger partial charge in [0.2, 0.25) is 0 Å². The third kappa shape index (κ3) is 1.71. The molecule has 0 unspecified atom stereocenters. The molecule has 0 heterocycles. The minimum atomic E-state index is -2.53. The maximum Gasteiger partial charge on any atom is 0.257 e. The van der Waals surface area contributed by atoms with Crippen LogP contribution in [-0.4, -0.2) is 18.5 Å². The van der Waals surface area contributed by atoms with Crippen LogP contribution >= 0.6 is 0 Å². The number of alkyl halides is 2. The van der Waals surface area contributed by atoms with Gasteiger partial charge in [-0.25, -0.2) is 8.78 Å². The van der Waals surface area contributed by atoms with Gasteiger partial charge >= 0.3 is 0 Å². The second-order valence-electron chi connectivity index (χ2n) is 2.01. The molecule has 4 N–H and O–H groups in total. The van der Waals surface area contributed by atoms with E-state index in [4.69, 9.17) is 11.5 Å². The Hall–Kier alpha value is -0.220.